The summed E-state index contributed by atoms with van der Waals surface area (Å²) in [6.45, 7) is 4.26. The van der Waals surface area contributed by atoms with Crippen molar-refractivity contribution in [2.75, 3.05) is 0 Å². The number of hydrogen-bond acceptors (Lipinski definition) is 4. The summed E-state index contributed by atoms with van der Waals surface area (Å²) in [5, 5.41) is 8.88. The van der Waals surface area contributed by atoms with E-state index in [9.17, 15) is 9.13 Å². The van der Waals surface area contributed by atoms with E-state index in [1.165, 1.54) is 20.8 Å². The largest absolute Gasteiger partial charge is 0.370 e. The van der Waals surface area contributed by atoms with Crippen molar-refractivity contribution >= 4 is 15.2 Å². The van der Waals surface area contributed by atoms with Crippen molar-refractivity contribution in [3.63, 3.8) is 0 Å². The van der Waals surface area contributed by atoms with E-state index in [-0.39, 0.29) is 0 Å². The predicted molar refractivity (Wildman–Crippen MR) is 48.7 cm³/mol. The Balaban J connectivity index is 4.82. The Labute approximate surface area is 81.4 Å². The maximum Gasteiger partial charge on any atom is 0.369 e. The molecule has 0 heterocycles. The zero-order chi connectivity index (χ0) is 11.8. The summed E-state index contributed by atoms with van der Waals surface area (Å²) in [7, 11) is -9.78. The maximum absolute atomic E-state index is 11.2. The van der Waals surface area contributed by atoms with E-state index in [0.29, 0.717) is 0 Å². The van der Waals surface area contributed by atoms with Gasteiger partial charge in [0.05, 0.1) is 5.60 Å². The molecule has 0 aliphatic rings. The number of hydrogen-bond donors (Lipinski definition) is 4. The SMILES string of the molecule is CC(C)(C)OP(=O)(O)C(O)P(=O)(O)O. The van der Waals surface area contributed by atoms with Gasteiger partial charge in [0, 0.05) is 0 Å². The molecule has 0 amide bonds. The molecule has 0 saturated carbocycles. The third-order valence-electron chi connectivity index (χ3n) is 0.997. The monoisotopic (exact) mass is 248 g/mol. The summed E-state index contributed by atoms with van der Waals surface area (Å²) >= 11 is 0. The summed E-state index contributed by atoms with van der Waals surface area (Å²) in [6.07, 6.45) is 0. The molecule has 7 nitrogen and oxygen atoms in total. The van der Waals surface area contributed by atoms with Gasteiger partial charge in [-0.1, -0.05) is 0 Å². The predicted octanol–water partition coefficient (Wildman–Crippen LogP) is 0.440. The van der Waals surface area contributed by atoms with Crippen LogP contribution < -0.4 is 0 Å². The highest BCUT2D eigenvalue weighted by Crippen LogP contribution is 2.62. The molecular weight excluding hydrogens is 234 g/mol. The zero-order valence-electron chi connectivity index (χ0n) is 7.99. The van der Waals surface area contributed by atoms with Crippen LogP contribution in [-0.2, 0) is 13.7 Å². The molecule has 4 N–H and O–H groups in total. The van der Waals surface area contributed by atoms with E-state index in [2.05, 4.69) is 4.52 Å². The lowest BCUT2D eigenvalue weighted by Crippen LogP contribution is -2.21. The first kappa shape index (κ1) is 14.3. The van der Waals surface area contributed by atoms with Crippen molar-refractivity contribution in [1.29, 1.82) is 0 Å². The fraction of sp³-hybridized carbons (Fsp3) is 1.00. The van der Waals surface area contributed by atoms with E-state index in [0.717, 1.165) is 0 Å². The van der Waals surface area contributed by atoms with E-state index < -0.39 is 26.4 Å². The third-order valence-corrected chi connectivity index (χ3v) is 4.77. The Morgan fingerprint density at radius 1 is 1.14 bits per heavy atom. The first-order valence-electron chi connectivity index (χ1n) is 3.63. The summed E-state index contributed by atoms with van der Waals surface area (Å²) in [6, 6.07) is 0. The molecule has 2 atom stereocenters. The van der Waals surface area contributed by atoms with Crippen LogP contribution in [0.1, 0.15) is 20.8 Å². The van der Waals surface area contributed by atoms with Gasteiger partial charge in [-0.05, 0) is 20.8 Å². The van der Waals surface area contributed by atoms with Crippen LogP contribution >= 0.6 is 15.2 Å². The van der Waals surface area contributed by atoms with Gasteiger partial charge >= 0.3 is 15.2 Å². The molecule has 0 aromatic heterocycles. The van der Waals surface area contributed by atoms with Crippen molar-refractivity contribution in [3.05, 3.63) is 0 Å². The van der Waals surface area contributed by atoms with E-state index >= 15 is 0 Å². The average Bonchev–Trinajstić information content (AvgIpc) is 1.78. The molecule has 0 aliphatic carbocycles. The Hall–Kier alpha value is 0.260. The molecule has 0 rings (SSSR count). The van der Waals surface area contributed by atoms with E-state index in [1.54, 1.807) is 0 Å². The Kier molecular flexibility index (Phi) is 4.10. The number of aliphatic hydroxyl groups is 1. The van der Waals surface area contributed by atoms with Gasteiger partial charge in [0.1, 0.15) is 0 Å². The van der Waals surface area contributed by atoms with Gasteiger partial charge in [0.15, 0.2) is 0 Å². The maximum atomic E-state index is 11.2. The first-order valence-corrected chi connectivity index (χ1v) is 6.95. The van der Waals surface area contributed by atoms with Crippen LogP contribution in [0.4, 0.5) is 0 Å². The first-order chi connectivity index (χ1) is 5.86. The van der Waals surface area contributed by atoms with E-state index in [4.69, 9.17) is 19.8 Å². The minimum atomic E-state index is -5.05. The molecule has 0 aliphatic heterocycles. The van der Waals surface area contributed by atoms with Crippen LogP contribution in [0.5, 0.6) is 0 Å². The molecule has 9 heteroatoms. The van der Waals surface area contributed by atoms with Gasteiger partial charge < -0.3 is 24.3 Å². The van der Waals surface area contributed by atoms with Gasteiger partial charge in [0.2, 0.25) is 0 Å². The topological polar surface area (TPSA) is 124 Å². The van der Waals surface area contributed by atoms with Crippen LogP contribution in [-0.4, -0.2) is 31.0 Å². The highest BCUT2D eigenvalue weighted by molar-refractivity contribution is 7.70. The summed E-state index contributed by atoms with van der Waals surface area (Å²) < 4.78 is 26.1. The van der Waals surface area contributed by atoms with Crippen LogP contribution in [0.2, 0.25) is 0 Å². The second-order valence-electron chi connectivity index (χ2n) is 3.70. The van der Waals surface area contributed by atoms with Crippen LogP contribution in [0.25, 0.3) is 0 Å². The van der Waals surface area contributed by atoms with Gasteiger partial charge in [-0.15, -0.1) is 0 Å². The summed E-state index contributed by atoms with van der Waals surface area (Å²) in [5.41, 5.74) is -3.78. The van der Waals surface area contributed by atoms with Gasteiger partial charge in [0.25, 0.3) is 5.59 Å². The van der Waals surface area contributed by atoms with Crippen LogP contribution in [0.15, 0.2) is 0 Å². The molecule has 0 fully saturated rings. The Morgan fingerprint density at radius 3 is 1.71 bits per heavy atom. The van der Waals surface area contributed by atoms with Crippen molar-refractivity contribution in [2.24, 2.45) is 0 Å². The lowest BCUT2D eigenvalue weighted by atomic mass is 10.2. The fourth-order valence-corrected chi connectivity index (χ4v) is 3.17. The molecule has 0 spiro atoms. The van der Waals surface area contributed by atoms with Crippen molar-refractivity contribution in [1.82, 2.24) is 0 Å². The molecule has 0 aromatic rings. The van der Waals surface area contributed by atoms with E-state index in [1.807, 2.05) is 0 Å². The van der Waals surface area contributed by atoms with Gasteiger partial charge in [-0.3, -0.25) is 9.13 Å². The normalized spacial score (nSPS) is 20.2. The molecule has 0 saturated heterocycles. The summed E-state index contributed by atoms with van der Waals surface area (Å²) in [4.78, 5) is 26.0. The zero-order valence-corrected chi connectivity index (χ0v) is 9.77. The molecular formula is C5H14O7P2. The quantitative estimate of drug-likeness (QED) is 0.534. The van der Waals surface area contributed by atoms with Crippen molar-refractivity contribution < 1.29 is 33.4 Å². The lowest BCUT2D eigenvalue weighted by molar-refractivity contribution is 0.0928. The second kappa shape index (κ2) is 4.02. The lowest BCUT2D eigenvalue weighted by Gasteiger charge is -2.26. The highest BCUT2D eigenvalue weighted by atomic mass is 31.2. The molecule has 2 unspecified atom stereocenters. The van der Waals surface area contributed by atoms with Gasteiger partial charge in [-0.2, -0.15) is 0 Å². The minimum absolute atomic E-state index is 1.08. The van der Waals surface area contributed by atoms with Crippen molar-refractivity contribution in [2.45, 2.75) is 32.0 Å². The Bertz CT molecular complexity index is 287. The smallest absolute Gasteiger partial charge is 0.369 e. The molecule has 14 heavy (non-hydrogen) atoms. The number of rotatable bonds is 3. The minimum Gasteiger partial charge on any atom is -0.370 e. The molecule has 0 bridgehead atoms. The molecule has 0 aromatic carbocycles. The van der Waals surface area contributed by atoms with Crippen molar-refractivity contribution in [3.8, 4) is 0 Å². The number of aliphatic hydroxyl groups excluding tert-OH is 1. The third kappa shape index (κ3) is 4.66. The highest BCUT2D eigenvalue weighted by Gasteiger charge is 2.46. The fourth-order valence-electron chi connectivity index (χ4n) is 0.630. The molecule has 86 valence electrons. The molecule has 0 radical (unpaired) electrons. The van der Waals surface area contributed by atoms with Gasteiger partial charge in [-0.25, -0.2) is 0 Å². The van der Waals surface area contributed by atoms with Crippen LogP contribution in [0, 0.1) is 0 Å². The van der Waals surface area contributed by atoms with Crippen LogP contribution in [0.3, 0.4) is 0 Å². The standard InChI is InChI=1S/C5H14O7P2/c1-5(2,3)12-14(10,11)4(6)13(7,8)9/h4,6H,1-3H3,(H,10,11)(H2,7,8,9). The summed E-state index contributed by atoms with van der Waals surface area (Å²) in [5.74, 6) is 0. The Morgan fingerprint density at radius 2 is 1.50 bits per heavy atom. The average molecular weight is 248 g/mol. The second-order valence-corrected chi connectivity index (χ2v) is 7.58.